The van der Waals surface area contributed by atoms with E-state index in [1.807, 2.05) is 24.3 Å². The maximum Gasteiger partial charge on any atom is 0.222 e. The minimum absolute atomic E-state index is 0.257. The van der Waals surface area contributed by atoms with Crippen molar-refractivity contribution in [2.75, 3.05) is 57.9 Å². The average molecular weight is 546 g/mol. The molecule has 0 unspecified atom stereocenters. The van der Waals surface area contributed by atoms with Gasteiger partial charge in [-0.3, -0.25) is 19.6 Å². The molecule has 40 heavy (non-hydrogen) atoms. The Morgan fingerprint density at radius 2 is 1.82 bits per heavy atom. The van der Waals surface area contributed by atoms with Gasteiger partial charge in [0.05, 0.1) is 13.2 Å². The van der Waals surface area contributed by atoms with E-state index in [0.29, 0.717) is 19.0 Å². The molecule has 0 spiro atoms. The molecule has 4 aliphatic heterocycles. The maximum atomic E-state index is 13.2. The van der Waals surface area contributed by atoms with Gasteiger partial charge < -0.3 is 14.5 Å². The number of carbonyl (C=O) groups excluding carboxylic acids is 1. The number of nitrogens with zero attached hydrogens (tertiary/aromatic N) is 5. The van der Waals surface area contributed by atoms with Crippen molar-refractivity contribution in [1.29, 1.82) is 0 Å². The molecular formula is C33H47N5O2. The monoisotopic (exact) mass is 545 g/mol. The highest BCUT2D eigenvalue weighted by molar-refractivity contribution is 5.75. The normalized spacial score (nSPS) is 27.3. The van der Waals surface area contributed by atoms with Crippen molar-refractivity contribution in [3.63, 3.8) is 0 Å². The molecule has 0 bridgehead atoms. The van der Waals surface area contributed by atoms with E-state index in [1.54, 1.807) is 0 Å². The molecule has 4 aliphatic rings. The van der Waals surface area contributed by atoms with E-state index in [4.69, 9.17) is 4.74 Å². The standard InChI is InChI=1S/C33H47N5O2/c1-35(23-26-11-13-29(14-12-26)36-18-20-40-21-19-36)32(39)10-2-9-31-30-8-5-17-37-16-4-7-28(33(30)37)25-38(31)24-27-6-3-15-34-22-27/h3,6,11-15,22,28,30-31,33H,2,4-5,7-10,16-21,23-25H2,1H3/t28-,30+,31+,33-/m0/s1. The minimum atomic E-state index is 0.257. The lowest BCUT2D eigenvalue weighted by Crippen LogP contribution is -2.64. The van der Waals surface area contributed by atoms with Gasteiger partial charge >= 0.3 is 0 Å². The van der Waals surface area contributed by atoms with Gasteiger partial charge in [0.1, 0.15) is 0 Å². The summed E-state index contributed by atoms with van der Waals surface area (Å²) in [6.07, 6.45) is 12.0. The molecule has 0 radical (unpaired) electrons. The van der Waals surface area contributed by atoms with Crippen LogP contribution in [0.25, 0.3) is 0 Å². The third-order valence-corrected chi connectivity index (χ3v) is 9.94. The second kappa shape index (κ2) is 13.0. The van der Waals surface area contributed by atoms with Crippen molar-refractivity contribution in [3.8, 4) is 0 Å². The van der Waals surface area contributed by atoms with E-state index in [2.05, 4.69) is 56.1 Å². The molecule has 0 saturated carbocycles. The minimum Gasteiger partial charge on any atom is -0.378 e. The molecule has 7 heteroatoms. The van der Waals surface area contributed by atoms with Crippen molar-refractivity contribution < 1.29 is 9.53 Å². The molecule has 4 fully saturated rings. The number of likely N-dealkylation sites (tertiary alicyclic amines) is 1. The lowest BCUT2D eigenvalue weighted by atomic mass is 9.69. The molecule has 1 aromatic heterocycles. The van der Waals surface area contributed by atoms with Gasteiger partial charge in [-0.05, 0) is 92.8 Å². The number of morpholine rings is 1. The number of aromatic nitrogens is 1. The van der Waals surface area contributed by atoms with Crippen LogP contribution in [-0.2, 0) is 22.6 Å². The van der Waals surface area contributed by atoms with Gasteiger partial charge in [0.2, 0.25) is 5.91 Å². The number of carbonyl (C=O) groups is 1. The van der Waals surface area contributed by atoms with Crippen molar-refractivity contribution in [3.05, 3.63) is 59.9 Å². The topological polar surface area (TPSA) is 52.2 Å². The van der Waals surface area contributed by atoms with Crippen molar-refractivity contribution in [1.82, 2.24) is 19.7 Å². The van der Waals surface area contributed by atoms with Gasteiger partial charge in [-0.15, -0.1) is 0 Å². The first kappa shape index (κ1) is 27.7. The fourth-order valence-corrected chi connectivity index (χ4v) is 8.04. The molecule has 5 heterocycles. The Morgan fingerprint density at radius 1 is 1.02 bits per heavy atom. The first-order chi connectivity index (χ1) is 19.7. The number of ether oxygens (including phenoxy) is 1. The molecule has 1 aromatic carbocycles. The van der Waals surface area contributed by atoms with Crippen LogP contribution < -0.4 is 4.90 Å². The summed E-state index contributed by atoms with van der Waals surface area (Å²) in [4.78, 5) is 27.5. The van der Waals surface area contributed by atoms with Crippen LogP contribution in [0.2, 0.25) is 0 Å². The van der Waals surface area contributed by atoms with Gasteiger partial charge in [0, 0.05) is 76.4 Å². The quantitative estimate of drug-likeness (QED) is 0.465. The van der Waals surface area contributed by atoms with Crippen LogP contribution in [-0.4, -0.2) is 90.7 Å². The fourth-order valence-electron chi connectivity index (χ4n) is 8.04. The van der Waals surface area contributed by atoms with Crippen LogP contribution in [0, 0.1) is 11.8 Å². The maximum absolute atomic E-state index is 13.2. The Labute approximate surface area is 240 Å². The summed E-state index contributed by atoms with van der Waals surface area (Å²) in [6, 6.07) is 14.3. The van der Waals surface area contributed by atoms with Crippen molar-refractivity contribution in [2.24, 2.45) is 11.8 Å². The van der Waals surface area contributed by atoms with E-state index in [0.717, 1.165) is 63.6 Å². The summed E-state index contributed by atoms with van der Waals surface area (Å²) in [7, 11) is 1.96. The molecule has 0 aliphatic carbocycles. The highest BCUT2D eigenvalue weighted by Crippen LogP contribution is 2.43. The van der Waals surface area contributed by atoms with Crippen LogP contribution in [0.5, 0.6) is 0 Å². The van der Waals surface area contributed by atoms with E-state index in [1.165, 1.54) is 62.1 Å². The van der Waals surface area contributed by atoms with Crippen LogP contribution in [0.3, 0.4) is 0 Å². The molecule has 1 amide bonds. The first-order valence-corrected chi connectivity index (χ1v) is 15.7. The summed E-state index contributed by atoms with van der Waals surface area (Å²) < 4.78 is 5.48. The lowest BCUT2D eigenvalue weighted by Gasteiger charge is -2.57. The van der Waals surface area contributed by atoms with Gasteiger partial charge in [0.25, 0.3) is 0 Å². The van der Waals surface area contributed by atoms with Crippen LogP contribution >= 0.6 is 0 Å². The second-order valence-corrected chi connectivity index (χ2v) is 12.5. The molecule has 0 N–H and O–H groups in total. The number of piperidine rings is 3. The number of pyridine rings is 1. The number of hydrogen-bond acceptors (Lipinski definition) is 6. The smallest absolute Gasteiger partial charge is 0.222 e. The zero-order chi connectivity index (χ0) is 27.3. The van der Waals surface area contributed by atoms with E-state index in [-0.39, 0.29) is 5.91 Å². The molecule has 6 rings (SSSR count). The van der Waals surface area contributed by atoms with E-state index in [9.17, 15) is 4.79 Å². The van der Waals surface area contributed by atoms with Crippen molar-refractivity contribution >= 4 is 11.6 Å². The predicted octanol–water partition coefficient (Wildman–Crippen LogP) is 4.42. The Morgan fingerprint density at radius 3 is 2.60 bits per heavy atom. The Kier molecular flexibility index (Phi) is 9.00. The second-order valence-electron chi connectivity index (χ2n) is 12.5. The van der Waals surface area contributed by atoms with Gasteiger partial charge in [-0.1, -0.05) is 18.2 Å². The Hall–Kier alpha value is -2.48. The van der Waals surface area contributed by atoms with Crippen LogP contribution in [0.15, 0.2) is 48.8 Å². The number of amides is 1. The SMILES string of the molecule is CN(Cc1ccc(N2CCOCC2)cc1)C(=O)CCC[C@@H]1[C@H]2CCCN3CCC[C@@H](CN1Cc1cccnc1)[C@@H]23. The molecule has 7 nitrogen and oxygen atoms in total. The Bertz CT molecular complexity index is 1090. The van der Waals surface area contributed by atoms with Gasteiger partial charge in [0.15, 0.2) is 0 Å². The predicted molar refractivity (Wildman–Crippen MR) is 159 cm³/mol. The lowest BCUT2D eigenvalue weighted by molar-refractivity contribution is -0.130. The summed E-state index contributed by atoms with van der Waals surface area (Å²) >= 11 is 0. The molecular weight excluding hydrogens is 498 g/mol. The van der Waals surface area contributed by atoms with E-state index < -0.39 is 0 Å². The van der Waals surface area contributed by atoms with Gasteiger partial charge in [-0.25, -0.2) is 0 Å². The van der Waals surface area contributed by atoms with Crippen molar-refractivity contribution in [2.45, 2.75) is 70.1 Å². The van der Waals surface area contributed by atoms with Gasteiger partial charge in [-0.2, -0.15) is 0 Å². The van der Waals surface area contributed by atoms with E-state index >= 15 is 0 Å². The number of benzene rings is 1. The third kappa shape index (κ3) is 6.37. The average Bonchev–Trinajstić information content (AvgIpc) is 3.00. The summed E-state index contributed by atoms with van der Waals surface area (Å²) in [6.45, 7) is 8.87. The number of hydrogen-bond donors (Lipinski definition) is 0. The molecule has 216 valence electrons. The highest BCUT2D eigenvalue weighted by Gasteiger charge is 2.48. The molecule has 2 aromatic rings. The van der Waals surface area contributed by atoms with Crippen LogP contribution in [0.4, 0.5) is 5.69 Å². The Balaban J connectivity index is 1.05. The summed E-state index contributed by atoms with van der Waals surface area (Å²) in [5.41, 5.74) is 3.74. The zero-order valence-corrected chi connectivity index (χ0v) is 24.3. The summed E-state index contributed by atoms with van der Waals surface area (Å²) in [5.74, 6) is 1.77. The largest absolute Gasteiger partial charge is 0.378 e. The zero-order valence-electron chi connectivity index (χ0n) is 24.3. The fraction of sp³-hybridized carbons (Fsp3) is 0.636. The van der Waals surface area contributed by atoms with Crippen LogP contribution in [0.1, 0.15) is 56.1 Å². The number of rotatable bonds is 9. The number of anilines is 1. The first-order valence-electron chi connectivity index (χ1n) is 15.7. The highest BCUT2D eigenvalue weighted by atomic mass is 16.5. The molecule has 4 atom stereocenters. The summed E-state index contributed by atoms with van der Waals surface area (Å²) in [5, 5.41) is 0. The molecule has 4 saturated heterocycles. The third-order valence-electron chi connectivity index (χ3n) is 9.94.